The lowest BCUT2D eigenvalue weighted by atomic mass is 10.0. The zero-order chi connectivity index (χ0) is 13.5. The van der Waals surface area contributed by atoms with E-state index in [0.717, 1.165) is 6.07 Å². The van der Waals surface area contributed by atoms with E-state index in [0.29, 0.717) is 5.56 Å². The Morgan fingerprint density at radius 2 is 1.94 bits per heavy atom. The second kappa shape index (κ2) is 7.03. The molecule has 96 valence electrons. The van der Waals surface area contributed by atoms with Crippen LogP contribution in [0, 0.1) is 11.6 Å². The molecule has 0 aliphatic rings. The predicted octanol–water partition coefficient (Wildman–Crippen LogP) is 3.26. The fraction of sp³-hybridized carbons (Fsp3) is 0.154. The summed E-state index contributed by atoms with van der Waals surface area (Å²) in [6.07, 6.45) is 4.64. The third-order valence-electron chi connectivity index (χ3n) is 2.34. The van der Waals surface area contributed by atoms with Crippen LogP contribution in [0.1, 0.15) is 17.2 Å². The molecule has 1 aromatic heterocycles. The molecule has 0 aliphatic heterocycles. The van der Waals surface area contributed by atoms with Gasteiger partial charge in [-0.3, -0.25) is 4.98 Å². The summed E-state index contributed by atoms with van der Waals surface area (Å²) in [7, 11) is 0. The van der Waals surface area contributed by atoms with Gasteiger partial charge >= 0.3 is 0 Å². The number of hydrogen-bond acceptors (Lipinski definition) is 2. The number of rotatable bonds is 2. The topological polar surface area (TPSA) is 38.9 Å². The highest BCUT2D eigenvalue weighted by Crippen LogP contribution is 2.21. The van der Waals surface area contributed by atoms with Crippen molar-refractivity contribution in [2.75, 3.05) is 6.38 Å². The molecule has 1 unspecified atom stereocenters. The molecule has 0 saturated carbocycles. The Bertz CT molecular complexity index is 492. The van der Waals surface area contributed by atoms with Crippen LogP contribution in [0.25, 0.3) is 0 Å². The first kappa shape index (κ1) is 14.5. The van der Waals surface area contributed by atoms with E-state index in [4.69, 9.17) is 5.73 Å². The van der Waals surface area contributed by atoms with Crippen molar-refractivity contribution in [1.29, 1.82) is 0 Å². The molecular weight excluding hydrogens is 258 g/mol. The Labute approximate surface area is 109 Å². The standard InChI is InChI=1S/C12H10F2N2.CH3Cl/c13-9-3-4-10(11(14)6-9)12(15)8-2-1-5-16-7-8;1-2/h1-7,12H,15H2;1H3. The van der Waals surface area contributed by atoms with Crippen LogP contribution in [-0.4, -0.2) is 11.4 Å². The van der Waals surface area contributed by atoms with Crippen molar-refractivity contribution in [3.63, 3.8) is 0 Å². The van der Waals surface area contributed by atoms with Crippen LogP contribution in [-0.2, 0) is 0 Å². The second-order valence-electron chi connectivity index (χ2n) is 3.43. The predicted molar refractivity (Wildman–Crippen MR) is 68.4 cm³/mol. The van der Waals surface area contributed by atoms with Crippen LogP contribution in [0.4, 0.5) is 8.78 Å². The highest BCUT2D eigenvalue weighted by molar-refractivity contribution is 6.15. The Morgan fingerprint density at radius 3 is 2.50 bits per heavy atom. The van der Waals surface area contributed by atoms with Gasteiger partial charge in [0, 0.05) is 30.4 Å². The van der Waals surface area contributed by atoms with Crippen molar-refractivity contribution < 1.29 is 8.78 Å². The Hall–Kier alpha value is -1.52. The third kappa shape index (κ3) is 3.48. The molecule has 5 heteroatoms. The van der Waals surface area contributed by atoms with E-state index in [1.54, 1.807) is 24.5 Å². The Kier molecular flexibility index (Phi) is 5.68. The van der Waals surface area contributed by atoms with Crippen LogP contribution in [0.3, 0.4) is 0 Å². The lowest BCUT2D eigenvalue weighted by Crippen LogP contribution is -2.13. The SMILES string of the molecule is CCl.NC(c1cccnc1)c1ccc(F)cc1F. The minimum absolute atomic E-state index is 0.259. The molecule has 0 radical (unpaired) electrons. The lowest BCUT2D eigenvalue weighted by Gasteiger charge is -2.12. The smallest absolute Gasteiger partial charge is 0.131 e. The van der Waals surface area contributed by atoms with Gasteiger partial charge < -0.3 is 5.73 Å². The molecule has 2 N–H and O–H groups in total. The van der Waals surface area contributed by atoms with E-state index < -0.39 is 17.7 Å². The fourth-order valence-electron chi connectivity index (χ4n) is 1.49. The quantitative estimate of drug-likeness (QED) is 0.851. The van der Waals surface area contributed by atoms with Gasteiger partial charge in [-0.25, -0.2) is 8.78 Å². The summed E-state index contributed by atoms with van der Waals surface area (Å²) in [4.78, 5) is 3.90. The normalized spacial score (nSPS) is 11.4. The van der Waals surface area contributed by atoms with Crippen LogP contribution in [0.5, 0.6) is 0 Å². The van der Waals surface area contributed by atoms with Crippen LogP contribution >= 0.6 is 11.6 Å². The zero-order valence-corrected chi connectivity index (χ0v) is 10.5. The molecule has 0 spiro atoms. The number of alkyl halides is 1. The van der Waals surface area contributed by atoms with E-state index in [1.165, 1.54) is 18.5 Å². The van der Waals surface area contributed by atoms with Gasteiger partial charge in [-0.05, 0) is 17.7 Å². The van der Waals surface area contributed by atoms with Crippen molar-refractivity contribution in [3.8, 4) is 0 Å². The molecule has 0 amide bonds. The first-order valence-corrected chi connectivity index (χ1v) is 5.92. The van der Waals surface area contributed by atoms with Crippen LogP contribution < -0.4 is 5.73 Å². The molecule has 1 atom stereocenters. The minimum Gasteiger partial charge on any atom is -0.320 e. The molecule has 0 saturated heterocycles. The molecule has 1 heterocycles. The minimum atomic E-state index is -0.642. The van der Waals surface area contributed by atoms with Gasteiger partial charge in [0.1, 0.15) is 11.6 Å². The molecule has 18 heavy (non-hydrogen) atoms. The number of benzene rings is 1. The van der Waals surface area contributed by atoms with Gasteiger partial charge in [-0.15, -0.1) is 11.6 Å². The molecule has 1 aromatic carbocycles. The maximum atomic E-state index is 13.4. The number of hydrogen-bond donors (Lipinski definition) is 1. The number of aromatic nitrogens is 1. The molecule has 2 aromatic rings. The number of pyridine rings is 1. The second-order valence-corrected chi connectivity index (χ2v) is 3.43. The molecule has 2 rings (SSSR count). The zero-order valence-electron chi connectivity index (χ0n) is 9.78. The summed E-state index contributed by atoms with van der Waals surface area (Å²) in [5, 5.41) is 0. The van der Waals surface area contributed by atoms with Gasteiger partial charge in [0.2, 0.25) is 0 Å². The van der Waals surface area contributed by atoms with Crippen molar-refractivity contribution in [3.05, 3.63) is 65.5 Å². The summed E-state index contributed by atoms with van der Waals surface area (Å²) >= 11 is 4.64. The van der Waals surface area contributed by atoms with E-state index >= 15 is 0 Å². The van der Waals surface area contributed by atoms with Gasteiger partial charge in [-0.1, -0.05) is 12.1 Å². The number of halogens is 3. The van der Waals surface area contributed by atoms with Crippen molar-refractivity contribution in [2.45, 2.75) is 6.04 Å². The van der Waals surface area contributed by atoms with Gasteiger partial charge in [0.15, 0.2) is 0 Å². The van der Waals surface area contributed by atoms with Crippen molar-refractivity contribution >= 4 is 11.6 Å². The van der Waals surface area contributed by atoms with Gasteiger partial charge in [0.25, 0.3) is 0 Å². The molecular formula is C13H13ClF2N2. The number of nitrogens with zero attached hydrogens (tertiary/aromatic N) is 1. The monoisotopic (exact) mass is 270 g/mol. The summed E-state index contributed by atoms with van der Waals surface area (Å²) < 4.78 is 26.2. The molecule has 0 bridgehead atoms. The first-order valence-electron chi connectivity index (χ1n) is 5.17. The Morgan fingerprint density at radius 1 is 1.22 bits per heavy atom. The highest BCUT2D eigenvalue weighted by atomic mass is 35.5. The van der Waals surface area contributed by atoms with E-state index in [1.807, 2.05) is 0 Å². The third-order valence-corrected chi connectivity index (χ3v) is 2.34. The van der Waals surface area contributed by atoms with Gasteiger partial charge in [-0.2, -0.15) is 0 Å². The average Bonchev–Trinajstić information content (AvgIpc) is 2.41. The largest absolute Gasteiger partial charge is 0.320 e. The maximum absolute atomic E-state index is 13.4. The van der Waals surface area contributed by atoms with E-state index in [-0.39, 0.29) is 5.56 Å². The molecule has 0 fully saturated rings. The highest BCUT2D eigenvalue weighted by Gasteiger charge is 2.13. The van der Waals surface area contributed by atoms with Crippen molar-refractivity contribution in [2.24, 2.45) is 5.73 Å². The summed E-state index contributed by atoms with van der Waals surface area (Å²) in [6.45, 7) is 0. The first-order chi connectivity index (χ1) is 8.68. The maximum Gasteiger partial charge on any atom is 0.131 e. The lowest BCUT2D eigenvalue weighted by molar-refractivity contribution is 0.566. The molecule has 2 nitrogen and oxygen atoms in total. The Balaban J connectivity index is 0.000000771. The van der Waals surface area contributed by atoms with Crippen molar-refractivity contribution in [1.82, 2.24) is 4.98 Å². The van der Waals surface area contributed by atoms with E-state index in [9.17, 15) is 8.78 Å². The summed E-state index contributed by atoms with van der Waals surface area (Å²) in [6, 6.07) is 6.20. The van der Waals surface area contributed by atoms with Crippen LogP contribution in [0.15, 0.2) is 42.7 Å². The summed E-state index contributed by atoms with van der Waals surface area (Å²) in [5.74, 6) is -1.25. The van der Waals surface area contributed by atoms with E-state index in [2.05, 4.69) is 16.6 Å². The average molecular weight is 271 g/mol. The molecule has 0 aliphatic carbocycles. The summed E-state index contributed by atoms with van der Waals surface area (Å²) in [5.41, 5.74) is 6.81. The van der Waals surface area contributed by atoms with Crippen LogP contribution in [0.2, 0.25) is 0 Å². The fourth-order valence-corrected chi connectivity index (χ4v) is 1.49. The van der Waals surface area contributed by atoms with Gasteiger partial charge in [0.05, 0.1) is 6.04 Å². The number of nitrogens with two attached hydrogens (primary N) is 1.